The molecule has 7 heteroatoms. The number of ether oxygens (including phenoxy) is 2. The maximum absolute atomic E-state index is 13.5. The zero-order valence-electron chi connectivity index (χ0n) is 25.5. The molecule has 42 heavy (non-hydrogen) atoms. The molecule has 0 aliphatic carbocycles. The number of likely N-dealkylation sites (N-methyl/N-ethyl adjacent to an activating group) is 1. The highest BCUT2D eigenvalue weighted by atomic mass is 16.5. The second-order valence-corrected chi connectivity index (χ2v) is 10.7. The molecule has 4 atom stereocenters. The fourth-order valence-corrected chi connectivity index (χ4v) is 4.71. The van der Waals surface area contributed by atoms with E-state index in [-0.39, 0.29) is 29.9 Å². The van der Waals surface area contributed by atoms with Crippen molar-refractivity contribution < 1.29 is 23.9 Å². The van der Waals surface area contributed by atoms with E-state index in [1.807, 2.05) is 74.5 Å². The predicted molar refractivity (Wildman–Crippen MR) is 168 cm³/mol. The number of hydrogen-bond acceptors (Lipinski definition) is 5. The summed E-state index contributed by atoms with van der Waals surface area (Å²) >= 11 is 0. The highest BCUT2D eigenvalue weighted by molar-refractivity contribution is 5.86. The maximum atomic E-state index is 13.5. The number of hydrogen-bond donors (Lipinski definition) is 1. The minimum Gasteiger partial charge on any atom is -0.461 e. The molecular weight excluding hydrogens is 528 g/mol. The molecule has 7 nitrogen and oxygen atoms in total. The van der Waals surface area contributed by atoms with Gasteiger partial charge in [-0.25, -0.2) is 4.79 Å². The molecule has 0 saturated heterocycles. The zero-order valence-corrected chi connectivity index (χ0v) is 25.5. The quantitative estimate of drug-likeness (QED) is 0.154. The standard InChI is InChI=1S/C35H48N2O5/c1-6-16-27(4)34(39)37(5)32(24-28-18-11-9-12-19-28)35(40)42-31(17-7-2)22-15-23-33(38)36-30(8-3)26-41-25-29-20-13-10-14-21-29/h6,8-14,18-21,27,30-32H,1,3,7,15-17,22-26H2,2,4-5H3,(H,36,38)/t27-,30-,31+,32+/m1/s1. The largest absolute Gasteiger partial charge is 0.461 e. The van der Waals surface area contributed by atoms with Gasteiger partial charge in [0.2, 0.25) is 11.8 Å². The van der Waals surface area contributed by atoms with Crippen LogP contribution in [0.2, 0.25) is 0 Å². The number of nitrogens with one attached hydrogen (secondary N) is 1. The molecule has 1 N–H and O–H groups in total. The van der Waals surface area contributed by atoms with E-state index in [9.17, 15) is 14.4 Å². The highest BCUT2D eigenvalue weighted by Crippen LogP contribution is 2.18. The van der Waals surface area contributed by atoms with Gasteiger partial charge in [-0.1, -0.05) is 93.1 Å². The smallest absolute Gasteiger partial charge is 0.329 e. The third-order valence-electron chi connectivity index (χ3n) is 7.16. The number of rotatable bonds is 20. The van der Waals surface area contributed by atoms with E-state index in [2.05, 4.69) is 18.5 Å². The summed E-state index contributed by atoms with van der Waals surface area (Å²) in [5, 5.41) is 2.95. The fourth-order valence-electron chi connectivity index (χ4n) is 4.71. The van der Waals surface area contributed by atoms with Crippen LogP contribution >= 0.6 is 0 Å². The van der Waals surface area contributed by atoms with Gasteiger partial charge < -0.3 is 19.7 Å². The molecule has 0 spiro atoms. The van der Waals surface area contributed by atoms with E-state index in [4.69, 9.17) is 9.47 Å². The Bertz CT molecular complexity index is 1100. The molecule has 2 aromatic rings. The summed E-state index contributed by atoms with van der Waals surface area (Å²) in [6, 6.07) is 18.4. The summed E-state index contributed by atoms with van der Waals surface area (Å²) in [6.07, 6.45) is 6.86. The molecule has 0 radical (unpaired) electrons. The SMILES string of the molecule is C=CC[C@@H](C)C(=O)N(C)[C@@H](Cc1ccccc1)C(=O)O[C@@H](CCC)CCCC(=O)N[C@H](C=C)COCc1ccccc1. The van der Waals surface area contributed by atoms with Gasteiger partial charge in [0.15, 0.2) is 0 Å². The van der Waals surface area contributed by atoms with E-state index in [0.29, 0.717) is 51.7 Å². The molecule has 0 unspecified atom stereocenters. The Morgan fingerprint density at radius 2 is 1.62 bits per heavy atom. The second-order valence-electron chi connectivity index (χ2n) is 10.7. The van der Waals surface area contributed by atoms with Crippen LogP contribution in [-0.4, -0.2) is 54.5 Å². The number of benzene rings is 2. The van der Waals surface area contributed by atoms with Crippen LogP contribution in [0.1, 0.15) is 63.5 Å². The van der Waals surface area contributed by atoms with Gasteiger partial charge in [0.05, 0.1) is 19.3 Å². The fraction of sp³-hybridized carbons (Fsp3) is 0.457. The van der Waals surface area contributed by atoms with Crippen molar-refractivity contribution in [2.24, 2.45) is 5.92 Å². The Balaban J connectivity index is 1.92. The zero-order chi connectivity index (χ0) is 30.7. The molecule has 2 aromatic carbocycles. The van der Waals surface area contributed by atoms with Crippen LogP contribution in [0, 0.1) is 5.92 Å². The first-order valence-corrected chi connectivity index (χ1v) is 14.9. The van der Waals surface area contributed by atoms with E-state index in [0.717, 1.165) is 17.5 Å². The van der Waals surface area contributed by atoms with Gasteiger partial charge in [0.25, 0.3) is 0 Å². The van der Waals surface area contributed by atoms with Gasteiger partial charge in [0, 0.05) is 25.8 Å². The maximum Gasteiger partial charge on any atom is 0.329 e. The molecule has 2 rings (SSSR count). The van der Waals surface area contributed by atoms with Gasteiger partial charge in [0.1, 0.15) is 12.1 Å². The van der Waals surface area contributed by atoms with Crippen molar-refractivity contribution in [1.29, 1.82) is 0 Å². The third-order valence-corrected chi connectivity index (χ3v) is 7.16. The van der Waals surface area contributed by atoms with E-state index in [1.54, 1.807) is 19.2 Å². The lowest BCUT2D eigenvalue weighted by atomic mass is 10.0. The van der Waals surface area contributed by atoms with Crippen molar-refractivity contribution in [2.75, 3.05) is 13.7 Å². The van der Waals surface area contributed by atoms with E-state index >= 15 is 0 Å². The van der Waals surface area contributed by atoms with Crippen LogP contribution in [0.4, 0.5) is 0 Å². The Kier molecular flexibility index (Phi) is 15.9. The molecule has 0 saturated carbocycles. The van der Waals surface area contributed by atoms with Crippen LogP contribution in [-0.2, 0) is 36.9 Å². The van der Waals surface area contributed by atoms with Crippen LogP contribution in [0.15, 0.2) is 86.0 Å². The monoisotopic (exact) mass is 576 g/mol. The van der Waals surface area contributed by atoms with Crippen molar-refractivity contribution in [1.82, 2.24) is 10.2 Å². The van der Waals surface area contributed by atoms with Crippen LogP contribution < -0.4 is 5.32 Å². The predicted octanol–water partition coefficient (Wildman–Crippen LogP) is 6.04. The van der Waals surface area contributed by atoms with Crippen LogP contribution in [0.5, 0.6) is 0 Å². The summed E-state index contributed by atoms with van der Waals surface area (Å²) < 4.78 is 11.7. The minimum atomic E-state index is -0.751. The highest BCUT2D eigenvalue weighted by Gasteiger charge is 2.32. The topological polar surface area (TPSA) is 84.9 Å². The van der Waals surface area contributed by atoms with Gasteiger partial charge in [-0.15, -0.1) is 13.2 Å². The number of esters is 1. The van der Waals surface area contributed by atoms with Gasteiger partial charge in [-0.2, -0.15) is 0 Å². The summed E-state index contributed by atoms with van der Waals surface area (Å²) in [5.74, 6) is -0.938. The Morgan fingerprint density at radius 3 is 2.21 bits per heavy atom. The first-order valence-electron chi connectivity index (χ1n) is 14.9. The van der Waals surface area contributed by atoms with Crippen molar-refractivity contribution in [3.63, 3.8) is 0 Å². The molecule has 2 amide bonds. The summed E-state index contributed by atoms with van der Waals surface area (Å²) in [5.41, 5.74) is 2.01. The van der Waals surface area contributed by atoms with Crippen molar-refractivity contribution in [3.8, 4) is 0 Å². The van der Waals surface area contributed by atoms with E-state index < -0.39 is 12.0 Å². The number of amides is 2. The number of nitrogens with zero attached hydrogens (tertiary/aromatic N) is 1. The average Bonchev–Trinajstić information content (AvgIpc) is 2.99. The second kappa shape index (κ2) is 19.4. The lowest BCUT2D eigenvalue weighted by Gasteiger charge is -2.30. The van der Waals surface area contributed by atoms with Crippen molar-refractivity contribution in [2.45, 2.75) is 83.6 Å². The normalized spacial score (nSPS) is 13.7. The Hall–Kier alpha value is -3.71. The van der Waals surface area contributed by atoms with Gasteiger partial charge >= 0.3 is 5.97 Å². The van der Waals surface area contributed by atoms with Gasteiger partial charge in [-0.3, -0.25) is 9.59 Å². The minimum absolute atomic E-state index is 0.103. The molecule has 0 heterocycles. The first kappa shape index (κ1) is 34.5. The molecular formula is C35H48N2O5. The molecule has 228 valence electrons. The lowest BCUT2D eigenvalue weighted by Crippen LogP contribution is -2.47. The number of carbonyl (C=O) groups is 3. The van der Waals surface area contributed by atoms with Crippen LogP contribution in [0.25, 0.3) is 0 Å². The molecule has 0 aromatic heterocycles. The third kappa shape index (κ3) is 12.4. The average molecular weight is 577 g/mol. The lowest BCUT2D eigenvalue weighted by molar-refractivity contribution is -0.160. The van der Waals surface area contributed by atoms with E-state index in [1.165, 1.54) is 4.90 Å². The van der Waals surface area contributed by atoms with Crippen molar-refractivity contribution >= 4 is 17.8 Å². The number of allylic oxidation sites excluding steroid dienone is 1. The van der Waals surface area contributed by atoms with Crippen LogP contribution in [0.3, 0.4) is 0 Å². The summed E-state index contributed by atoms with van der Waals surface area (Å²) in [7, 11) is 1.66. The van der Waals surface area contributed by atoms with Gasteiger partial charge in [-0.05, 0) is 36.8 Å². The Labute approximate surface area is 252 Å². The summed E-state index contributed by atoms with van der Waals surface area (Å²) in [4.78, 5) is 40.7. The first-order chi connectivity index (χ1) is 20.3. The van der Waals surface area contributed by atoms with Crippen molar-refractivity contribution in [3.05, 3.63) is 97.1 Å². The summed E-state index contributed by atoms with van der Waals surface area (Å²) in [6.45, 7) is 12.2. The molecule has 0 fully saturated rings. The number of carbonyl (C=O) groups excluding carboxylic acids is 3. The molecule has 0 aliphatic heterocycles. The Morgan fingerprint density at radius 1 is 0.976 bits per heavy atom. The molecule has 0 aliphatic rings. The molecule has 0 bridgehead atoms.